The summed E-state index contributed by atoms with van der Waals surface area (Å²) in [5.41, 5.74) is 2.51. The molecule has 0 aliphatic carbocycles. The third-order valence-electron chi connectivity index (χ3n) is 0.504. The molecule has 0 saturated carbocycles. The van der Waals surface area contributed by atoms with Gasteiger partial charge in [0, 0.05) is 6.92 Å². The second-order valence-electron chi connectivity index (χ2n) is 0.996. The first-order valence-electron chi connectivity index (χ1n) is 1.68. The molecule has 0 amide bonds. The van der Waals surface area contributed by atoms with Crippen LogP contribution in [-0.4, -0.2) is 5.90 Å². The SMILES string of the molecule is CC1=NN[CH-]O1.[CH3-].[W+2]. The van der Waals surface area contributed by atoms with Crippen molar-refractivity contribution in [3.8, 4) is 0 Å². The molecule has 0 aromatic rings. The molecule has 0 atom stereocenters. The van der Waals surface area contributed by atoms with Crippen molar-refractivity contribution in [2.45, 2.75) is 6.92 Å². The van der Waals surface area contributed by atoms with E-state index in [1.165, 1.54) is 6.73 Å². The minimum atomic E-state index is 0. The third-order valence-corrected chi connectivity index (χ3v) is 0.504. The number of hydrazone groups is 1. The Morgan fingerprint density at radius 2 is 2.38 bits per heavy atom. The van der Waals surface area contributed by atoms with Crippen molar-refractivity contribution in [3.63, 3.8) is 0 Å². The van der Waals surface area contributed by atoms with Crippen LogP contribution in [0.4, 0.5) is 0 Å². The Morgan fingerprint density at radius 3 is 2.50 bits per heavy atom. The van der Waals surface area contributed by atoms with Crippen molar-refractivity contribution in [3.05, 3.63) is 14.2 Å². The van der Waals surface area contributed by atoms with Gasteiger partial charge in [0.2, 0.25) is 0 Å². The Kier molecular flexibility index (Phi) is 6.92. The summed E-state index contributed by atoms with van der Waals surface area (Å²) in [6, 6.07) is 0. The number of ether oxygens (including phenoxy) is 1. The molecule has 1 N–H and O–H groups in total. The van der Waals surface area contributed by atoms with E-state index in [0.29, 0.717) is 5.90 Å². The molecule has 4 heteroatoms. The van der Waals surface area contributed by atoms with Crippen molar-refractivity contribution >= 4 is 5.90 Å². The smallest absolute Gasteiger partial charge is 0.629 e. The zero-order valence-electron chi connectivity index (χ0n) is 4.84. The zero-order valence-corrected chi connectivity index (χ0v) is 7.77. The molecule has 0 radical (unpaired) electrons. The average Bonchev–Trinajstić information content (AvgIpc) is 1.86. The molecule has 1 aliphatic heterocycles. The number of nitrogens with one attached hydrogen (secondary N) is 1. The molecular weight excluding hydrogens is 276 g/mol. The minimum absolute atomic E-state index is 0. The maximum absolute atomic E-state index is 4.67. The summed E-state index contributed by atoms with van der Waals surface area (Å²) in [6.45, 7) is 3.20. The van der Waals surface area contributed by atoms with Gasteiger partial charge in [0.05, 0.1) is 0 Å². The van der Waals surface area contributed by atoms with Crippen LogP contribution >= 0.6 is 0 Å². The van der Waals surface area contributed by atoms with Crippen molar-refractivity contribution in [1.29, 1.82) is 0 Å². The van der Waals surface area contributed by atoms with E-state index in [4.69, 9.17) is 0 Å². The molecule has 1 aliphatic rings. The fraction of sp³-hybridized carbons (Fsp3) is 0.250. The number of hydrogen-bond acceptors (Lipinski definition) is 3. The quantitative estimate of drug-likeness (QED) is 0.657. The summed E-state index contributed by atoms with van der Waals surface area (Å²) in [4.78, 5) is 0. The first-order chi connectivity index (χ1) is 2.89. The van der Waals surface area contributed by atoms with Gasteiger partial charge in [-0.2, -0.15) is 5.10 Å². The van der Waals surface area contributed by atoms with Crippen molar-refractivity contribution < 1.29 is 25.8 Å². The van der Waals surface area contributed by atoms with E-state index in [2.05, 4.69) is 15.3 Å². The predicted molar refractivity (Wildman–Crippen MR) is 28.0 cm³/mol. The summed E-state index contributed by atoms with van der Waals surface area (Å²) in [5, 5.41) is 3.62. The molecule has 46 valence electrons. The Hall–Kier alpha value is -0.0417. The number of rotatable bonds is 0. The van der Waals surface area contributed by atoms with Crippen LogP contribution in [0.1, 0.15) is 6.92 Å². The van der Waals surface area contributed by atoms with Gasteiger partial charge in [-0.05, 0) is 0 Å². The van der Waals surface area contributed by atoms with Gasteiger partial charge in [0.15, 0.2) is 5.90 Å². The molecule has 0 saturated heterocycles. The van der Waals surface area contributed by atoms with Crippen LogP contribution < -0.4 is 5.43 Å². The third kappa shape index (κ3) is 3.03. The van der Waals surface area contributed by atoms with E-state index >= 15 is 0 Å². The molecule has 3 nitrogen and oxygen atoms in total. The molecule has 0 fully saturated rings. The molecule has 0 unspecified atom stereocenters. The van der Waals surface area contributed by atoms with Gasteiger partial charge < -0.3 is 17.6 Å². The van der Waals surface area contributed by atoms with Crippen molar-refractivity contribution in [1.82, 2.24) is 5.43 Å². The molecule has 1 heterocycles. The minimum Gasteiger partial charge on any atom is -0.629 e. The second-order valence-corrected chi connectivity index (χ2v) is 0.996. The topological polar surface area (TPSA) is 33.6 Å². The monoisotopic (exact) mass is 284 g/mol. The van der Waals surface area contributed by atoms with Crippen molar-refractivity contribution in [2.75, 3.05) is 0 Å². The fourth-order valence-electron chi connectivity index (χ4n) is 0.255. The second kappa shape index (κ2) is 5.10. The van der Waals surface area contributed by atoms with Gasteiger partial charge in [0.25, 0.3) is 0 Å². The Morgan fingerprint density at radius 1 is 1.75 bits per heavy atom. The normalized spacial score (nSPS) is 13.9. The first-order valence-corrected chi connectivity index (χ1v) is 1.68. The number of nitrogens with zero attached hydrogens (tertiary/aromatic N) is 1. The largest absolute Gasteiger partial charge is 2.00 e. The van der Waals surface area contributed by atoms with E-state index in [0.717, 1.165) is 0 Å². The van der Waals surface area contributed by atoms with Crippen LogP contribution in [0.5, 0.6) is 0 Å². The molecule has 0 aromatic heterocycles. The van der Waals surface area contributed by atoms with E-state index < -0.39 is 0 Å². The summed E-state index contributed by atoms with van der Waals surface area (Å²) in [7, 11) is 0. The van der Waals surface area contributed by atoms with Gasteiger partial charge in [0.1, 0.15) is 0 Å². The summed E-state index contributed by atoms with van der Waals surface area (Å²) < 4.78 is 4.67. The van der Waals surface area contributed by atoms with Crippen LogP contribution in [0.2, 0.25) is 0 Å². The Labute approximate surface area is 63.8 Å². The van der Waals surface area contributed by atoms with E-state index in [9.17, 15) is 0 Å². The van der Waals surface area contributed by atoms with Crippen molar-refractivity contribution in [2.24, 2.45) is 5.10 Å². The summed E-state index contributed by atoms with van der Waals surface area (Å²) in [6.07, 6.45) is 0. The molecule has 8 heavy (non-hydrogen) atoms. The van der Waals surface area contributed by atoms with Crippen LogP contribution in [0.25, 0.3) is 0 Å². The average molecular weight is 284 g/mol. The van der Waals surface area contributed by atoms with Crippen LogP contribution in [-0.2, 0) is 25.8 Å². The standard InChI is InChI=1S/C3H5N2O.CH3.W/c1-3-5-4-2-6-3;;/h2,4H,1H3;1H3;/q2*-1;+2. The summed E-state index contributed by atoms with van der Waals surface area (Å²) >= 11 is 0. The molecule has 0 spiro atoms. The van der Waals surface area contributed by atoms with Crippen LogP contribution in [0.15, 0.2) is 5.10 Å². The molecular formula is C4H8N2OW. The summed E-state index contributed by atoms with van der Waals surface area (Å²) in [5.74, 6) is 0.662. The fourth-order valence-corrected chi connectivity index (χ4v) is 0.255. The van der Waals surface area contributed by atoms with Crippen LogP contribution in [0, 0.1) is 14.2 Å². The van der Waals surface area contributed by atoms with Gasteiger partial charge >= 0.3 is 21.1 Å². The zero-order chi connectivity index (χ0) is 4.41. The maximum Gasteiger partial charge on any atom is 2.00 e. The molecule has 0 aromatic carbocycles. The molecule has 0 bridgehead atoms. The van der Waals surface area contributed by atoms with Gasteiger partial charge in [-0.25, -0.2) is 0 Å². The van der Waals surface area contributed by atoms with E-state index in [1.807, 2.05) is 0 Å². The van der Waals surface area contributed by atoms with Gasteiger partial charge in [-0.3, -0.25) is 0 Å². The predicted octanol–water partition coefficient (Wildman–Crippen LogP) is 0.507. The van der Waals surface area contributed by atoms with Gasteiger partial charge in [-0.15, -0.1) is 0 Å². The maximum atomic E-state index is 4.67. The van der Waals surface area contributed by atoms with E-state index in [1.54, 1.807) is 6.92 Å². The Balaban J connectivity index is 0. The van der Waals surface area contributed by atoms with Crippen LogP contribution in [0.3, 0.4) is 0 Å². The Bertz CT molecular complexity index is 84.1. The molecule has 1 rings (SSSR count). The first kappa shape index (κ1) is 10.9. The van der Waals surface area contributed by atoms with Gasteiger partial charge in [-0.1, -0.05) is 6.73 Å². The van der Waals surface area contributed by atoms with E-state index in [-0.39, 0.29) is 28.5 Å². The number of hydrogen-bond donors (Lipinski definition) is 1.